The molecule has 0 aliphatic carbocycles. The summed E-state index contributed by atoms with van der Waals surface area (Å²) in [5, 5.41) is 0. The lowest BCUT2D eigenvalue weighted by Gasteiger charge is -2.19. The van der Waals surface area contributed by atoms with E-state index in [0.29, 0.717) is 5.92 Å². The van der Waals surface area contributed by atoms with Gasteiger partial charge in [-0.15, -0.1) is 0 Å². The van der Waals surface area contributed by atoms with Gasteiger partial charge >= 0.3 is 0 Å². The summed E-state index contributed by atoms with van der Waals surface area (Å²) >= 11 is 0. The van der Waals surface area contributed by atoms with E-state index in [1.807, 2.05) is 12.1 Å². The maximum atomic E-state index is 6.05. The van der Waals surface area contributed by atoms with Gasteiger partial charge in [0.25, 0.3) is 0 Å². The van der Waals surface area contributed by atoms with Crippen LogP contribution in [0.1, 0.15) is 25.8 Å². The highest BCUT2D eigenvalue weighted by atomic mass is 16.5. The molecule has 0 saturated carbocycles. The van der Waals surface area contributed by atoms with Crippen LogP contribution in [-0.4, -0.2) is 12.1 Å². The Kier molecular flexibility index (Phi) is 2.96. The minimum absolute atomic E-state index is 0.240. The van der Waals surface area contributed by atoms with Crippen molar-refractivity contribution in [1.29, 1.82) is 0 Å². The van der Waals surface area contributed by atoms with Crippen molar-refractivity contribution in [3.8, 4) is 5.75 Å². The lowest BCUT2D eigenvalue weighted by atomic mass is 9.97. The summed E-state index contributed by atoms with van der Waals surface area (Å²) in [4.78, 5) is 0. The summed E-state index contributed by atoms with van der Waals surface area (Å²) in [7, 11) is 0. The molecule has 1 aromatic rings. The smallest absolute Gasteiger partial charge is 0.123 e. The average Bonchev–Trinajstić information content (AvgIpc) is 2.59. The van der Waals surface area contributed by atoms with Gasteiger partial charge in [-0.2, -0.15) is 0 Å². The molecule has 0 spiro atoms. The minimum atomic E-state index is 0.240. The topological polar surface area (TPSA) is 35.2 Å². The van der Waals surface area contributed by atoms with Gasteiger partial charge < -0.3 is 10.5 Å². The van der Waals surface area contributed by atoms with Crippen LogP contribution in [0.3, 0.4) is 0 Å². The van der Waals surface area contributed by atoms with E-state index in [1.165, 1.54) is 5.56 Å². The first-order chi connectivity index (χ1) is 7.16. The Morgan fingerprint density at radius 3 is 2.80 bits per heavy atom. The third kappa shape index (κ3) is 2.32. The van der Waals surface area contributed by atoms with E-state index in [-0.39, 0.29) is 12.1 Å². The Labute approximate surface area is 91.4 Å². The number of nitrogens with two attached hydrogens (primary N) is 1. The summed E-state index contributed by atoms with van der Waals surface area (Å²) in [6.07, 6.45) is 2.24. The molecule has 1 aromatic carbocycles. The van der Waals surface area contributed by atoms with Crippen LogP contribution in [-0.2, 0) is 6.42 Å². The molecule has 1 aliphatic rings. The summed E-state index contributed by atoms with van der Waals surface area (Å²) in [6.45, 7) is 4.32. The molecule has 0 fully saturated rings. The Hall–Kier alpha value is -1.02. The molecule has 82 valence electrons. The molecule has 2 heteroatoms. The molecule has 0 radical (unpaired) electrons. The van der Waals surface area contributed by atoms with Crippen LogP contribution in [0.4, 0.5) is 0 Å². The second-order valence-electron chi connectivity index (χ2n) is 4.70. The van der Waals surface area contributed by atoms with Crippen molar-refractivity contribution in [2.75, 3.05) is 0 Å². The molecule has 0 aromatic heterocycles. The predicted octanol–water partition coefficient (Wildman–Crippen LogP) is 2.36. The largest absolute Gasteiger partial charge is 0.490 e. The maximum absolute atomic E-state index is 6.05. The van der Waals surface area contributed by atoms with Crippen LogP contribution < -0.4 is 10.5 Å². The van der Waals surface area contributed by atoms with Gasteiger partial charge in [-0.3, -0.25) is 0 Å². The van der Waals surface area contributed by atoms with Gasteiger partial charge in [-0.05, 0) is 24.0 Å². The van der Waals surface area contributed by atoms with Gasteiger partial charge in [0, 0.05) is 12.5 Å². The predicted molar refractivity (Wildman–Crippen MR) is 62.0 cm³/mol. The highest BCUT2D eigenvalue weighted by Crippen LogP contribution is 2.30. The van der Waals surface area contributed by atoms with Gasteiger partial charge in [-0.1, -0.05) is 32.0 Å². The van der Waals surface area contributed by atoms with Gasteiger partial charge in [0.1, 0.15) is 11.9 Å². The van der Waals surface area contributed by atoms with E-state index in [2.05, 4.69) is 26.0 Å². The fourth-order valence-corrected chi connectivity index (χ4v) is 1.96. The van der Waals surface area contributed by atoms with Gasteiger partial charge in [0.05, 0.1) is 0 Å². The zero-order valence-electron chi connectivity index (χ0n) is 9.44. The summed E-state index contributed by atoms with van der Waals surface area (Å²) < 4.78 is 5.85. The van der Waals surface area contributed by atoms with Crippen molar-refractivity contribution in [3.63, 3.8) is 0 Å². The average molecular weight is 205 g/mol. The molecule has 1 aliphatic heterocycles. The first-order valence-electron chi connectivity index (χ1n) is 5.67. The zero-order valence-corrected chi connectivity index (χ0v) is 9.44. The lowest BCUT2D eigenvalue weighted by molar-refractivity contribution is 0.199. The summed E-state index contributed by atoms with van der Waals surface area (Å²) in [5.41, 5.74) is 7.37. The molecule has 2 rings (SSSR count). The first-order valence-corrected chi connectivity index (χ1v) is 5.67. The number of fused-ring (bicyclic) bond motifs is 1. The van der Waals surface area contributed by atoms with Gasteiger partial charge in [0.2, 0.25) is 0 Å². The number of ether oxygens (including phenoxy) is 1. The van der Waals surface area contributed by atoms with Crippen LogP contribution in [0, 0.1) is 5.92 Å². The van der Waals surface area contributed by atoms with E-state index >= 15 is 0 Å². The number of hydrogen-bond donors (Lipinski definition) is 1. The highest BCUT2D eigenvalue weighted by molar-refractivity contribution is 5.37. The third-order valence-electron chi connectivity index (χ3n) is 3.11. The lowest BCUT2D eigenvalue weighted by Crippen LogP contribution is -2.32. The number of para-hydroxylation sites is 1. The SMILES string of the molecule is CC(C)C(N)CC1Cc2ccccc2O1. The van der Waals surface area contributed by atoms with Gasteiger partial charge in [0.15, 0.2) is 0 Å². The Morgan fingerprint density at radius 1 is 1.40 bits per heavy atom. The van der Waals surface area contributed by atoms with Crippen LogP contribution in [0.25, 0.3) is 0 Å². The second kappa shape index (κ2) is 4.23. The fourth-order valence-electron chi connectivity index (χ4n) is 1.96. The van der Waals surface area contributed by atoms with Crippen LogP contribution in [0.5, 0.6) is 5.75 Å². The summed E-state index contributed by atoms with van der Waals surface area (Å²) in [6, 6.07) is 8.49. The normalized spacial score (nSPS) is 21.2. The molecular weight excluding hydrogens is 186 g/mol. The molecule has 2 atom stereocenters. The molecule has 2 unspecified atom stereocenters. The van der Waals surface area contributed by atoms with E-state index in [4.69, 9.17) is 10.5 Å². The van der Waals surface area contributed by atoms with E-state index in [9.17, 15) is 0 Å². The minimum Gasteiger partial charge on any atom is -0.490 e. The van der Waals surface area contributed by atoms with E-state index in [1.54, 1.807) is 0 Å². The zero-order chi connectivity index (χ0) is 10.8. The van der Waals surface area contributed by atoms with Crippen molar-refractivity contribution < 1.29 is 4.74 Å². The molecule has 0 saturated heterocycles. The third-order valence-corrected chi connectivity index (χ3v) is 3.11. The standard InChI is InChI=1S/C13H19NO/c1-9(2)12(14)8-11-7-10-5-3-4-6-13(10)15-11/h3-6,9,11-12H,7-8,14H2,1-2H3. The monoisotopic (exact) mass is 205 g/mol. The number of benzene rings is 1. The van der Waals surface area contributed by atoms with Crippen molar-refractivity contribution in [2.24, 2.45) is 11.7 Å². The van der Waals surface area contributed by atoms with Gasteiger partial charge in [-0.25, -0.2) is 0 Å². The van der Waals surface area contributed by atoms with Crippen molar-refractivity contribution >= 4 is 0 Å². The molecule has 0 amide bonds. The molecule has 1 heterocycles. The molecule has 15 heavy (non-hydrogen) atoms. The Balaban J connectivity index is 1.96. The first kappa shape index (κ1) is 10.5. The quantitative estimate of drug-likeness (QED) is 0.822. The van der Waals surface area contributed by atoms with Crippen molar-refractivity contribution in [3.05, 3.63) is 29.8 Å². The highest BCUT2D eigenvalue weighted by Gasteiger charge is 2.24. The molecular formula is C13H19NO. The molecule has 0 bridgehead atoms. The Bertz CT molecular complexity index is 310. The van der Waals surface area contributed by atoms with Crippen molar-refractivity contribution in [1.82, 2.24) is 0 Å². The maximum Gasteiger partial charge on any atom is 0.123 e. The number of hydrogen-bond acceptors (Lipinski definition) is 2. The second-order valence-corrected chi connectivity index (χ2v) is 4.70. The van der Waals surface area contributed by atoms with E-state index < -0.39 is 0 Å². The van der Waals surface area contributed by atoms with E-state index in [0.717, 1.165) is 18.6 Å². The Morgan fingerprint density at radius 2 is 2.13 bits per heavy atom. The molecule has 2 nitrogen and oxygen atoms in total. The van der Waals surface area contributed by atoms with Crippen molar-refractivity contribution in [2.45, 2.75) is 38.8 Å². The fraction of sp³-hybridized carbons (Fsp3) is 0.538. The number of rotatable bonds is 3. The van der Waals surface area contributed by atoms with Crippen LogP contribution >= 0.6 is 0 Å². The summed E-state index contributed by atoms with van der Waals surface area (Å²) in [5.74, 6) is 1.57. The molecule has 2 N–H and O–H groups in total. The van der Waals surface area contributed by atoms with Crippen LogP contribution in [0.2, 0.25) is 0 Å². The van der Waals surface area contributed by atoms with Crippen LogP contribution in [0.15, 0.2) is 24.3 Å².